The number of Topliss-reactive ketones (excluding diaryl/α,β-unsaturated/α-hetero) is 1. The highest BCUT2D eigenvalue weighted by Crippen LogP contribution is 2.45. The summed E-state index contributed by atoms with van der Waals surface area (Å²) in [6.45, 7) is 5.79. The summed E-state index contributed by atoms with van der Waals surface area (Å²) < 4.78 is 5.50. The number of carbonyl (C=O) groups is 2. The van der Waals surface area contributed by atoms with Crippen molar-refractivity contribution in [2.45, 2.75) is 26.8 Å². The lowest BCUT2D eigenvalue weighted by atomic mass is 9.95. The van der Waals surface area contributed by atoms with Gasteiger partial charge in [0.15, 0.2) is 16.6 Å². The number of amides is 1. The van der Waals surface area contributed by atoms with Crippen LogP contribution in [0.1, 0.15) is 34.7 Å². The molecule has 1 saturated heterocycles. The van der Waals surface area contributed by atoms with E-state index in [1.807, 2.05) is 13.8 Å². The SMILES string of the molecule is CCOc1cc([C@@H]2/C(=C(\O)c3ccc(Cl)cc3)C(=O)C(=O)N2c2nc(C)c(C)s2)ccc1O. The van der Waals surface area contributed by atoms with Gasteiger partial charge in [0.1, 0.15) is 5.76 Å². The molecule has 33 heavy (non-hydrogen) atoms. The third-order valence-electron chi connectivity index (χ3n) is 5.38. The molecule has 3 aromatic rings. The molecule has 1 aliphatic heterocycles. The Balaban J connectivity index is 1.96. The first kappa shape index (κ1) is 22.8. The van der Waals surface area contributed by atoms with Crippen molar-refractivity contribution in [3.8, 4) is 11.5 Å². The Labute approximate surface area is 199 Å². The predicted molar refractivity (Wildman–Crippen MR) is 127 cm³/mol. The standard InChI is InChI=1S/C24H21ClN2O5S/c1-4-32-18-11-15(7-10-17(18)28)20-19(21(29)14-5-8-16(25)9-6-14)22(30)23(31)27(20)24-26-12(2)13(3)33-24/h5-11,20,28-29H,4H2,1-3H3/b21-19+/t20-/m1/s1. The molecule has 1 aromatic heterocycles. The van der Waals surface area contributed by atoms with E-state index in [1.165, 1.54) is 22.3 Å². The summed E-state index contributed by atoms with van der Waals surface area (Å²) >= 11 is 7.25. The van der Waals surface area contributed by atoms with Crippen LogP contribution in [-0.4, -0.2) is 33.5 Å². The van der Waals surface area contributed by atoms with E-state index in [-0.39, 0.29) is 22.8 Å². The van der Waals surface area contributed by atoms with Gasteiger partial charge >= 0.3 is 5.91 Å². The van der Waals surface area contributed by atoms with E-state index < -0.39 is 17.7 Å². The molecular formula is C24H21ClN2O5S. The fraction of sp³-hybridized carbons (Fsp3) is 0.208. The van der Waals surface area contributed by atoms with Crippen molar-refractivity contribution in [3.05, 3.63) is 74.8 Å². The Morgan fingerprint density at radius 2 is 1.88 bits per heavy atom. The highest BCUT2D eigenvalue weighted by Gasteiger charge is 2.48. The number of nitrogens with zero attached hydrogens (tertiary/aromatic N) is 2. The summed E-state index contributed by atoms with van der Waals surface area (Å²) in [7, 11) is 0. The minimum atomic E-state index is -0.967. The largest absolute Gasteiger partial charge is 0.507 e. The molecular weight excluding hydrogens is 464 g/mol. The molecule has 7 nitrogen and oxygen atoms in total. The third-order valence-corrected chi connectivity index (χ3v) is 6.71. The van der Waals surface area contributed by atoms with E-state index in [0.717, 1.165) is 10.6 Å². The first-order chi connectivity index (χ1) is 15.7. The van der Waals surface area contributed by atoms with E-state index in [9.17, 15) is 19.8 Å². The number of aryl methyl sites for hydroxylation is 2. The van der Waals surface area contributed by atoms with E-state index in [4.69, 9.17) is 16.3 Å². The molecule has 1 atom stereocenters. The fourth-order valence-electron chi connectivity index (χ4n) is 3.64. The van der Waals surface area contributed by atoms with Gasteiger partial charge in [-0.1, -0.05) is 17.7 Å². The number of hydrogen-bond donors (Lipinski definition) is 2. The number of ketones is 1. The number of hydrogen-bond acceptors (Lipinski definition) is 7. The maximum atomic E-state index is 13.2. The topological polar surface area (TPSA) is 100.0 Å². The second-order valence-corrected chi connectivity index (χ2v) is 9.09. The first-order valence-corrected chi connectivity index (χ1v) is 11.4. The maximum Gasteiger partial charge on any atom is 0.301 e. The number of aromatic hydroxyl groups is 1. The lowest BCUT2D eigenvalue weighted by Crippen LogP contribution is -2.29. The number of anilines is 1. The molecule has 0 radical (unpaired) electrons. The Morgan fingerprint density at radius 1 is 1.18 bits per heavy atom. The van der Waals surface area contributed by atoms with Crippen LogP contribution in [0.15, 0.2) is 48.0 Å². The van der Waals surface area contributed by atoms with Crippen molar-refractivity contribution in [2.75, 3.05) is 11.5 Å². The van der Waals surface area contributed by atoms with Gasteiger partial charge in [-0.25, -0.2) is 4.98 Å². The van der Waals surface area contributed by atoms with E-state index in [2.05, 4.69) is 4.98 Å². The Morgan fingerprint density at radius 3 is 2.48 bits per heavy atom. The van der Waals surface area contributed by atoms with Crippen LogP contribution in [0.2, 0.25) is 5.02 Å². The molecule has 2 aromatic carbocycles. The van der Waals surface area contributed by atoms with Crippen LogP contribution in [0, 0.1) is 13.8 Å². The molecule has 0 bridgehead atoms. The molecule has 1 fully saturated rings. The molecule has 1 aliphatic rings. The van der Waals surface area contributed by atoms with Crippen LogP contribution in [0.4, 0.5) is 5.13 Å². The molecule has 4 rings (SSSR count). The minimum absolute atomic E-state index is 0.0730. The normalized spacial score (nSPS) is 17.6. The monoisotopic (exact) mass is 484 g/mol. The predicted octanol–water partition coefficient (Wildman–Crippen LogP) is 5.14. The second kappa shape index (κ2) is 8.88. The van der Waals surface area contributed by atoms with Crippen LogP contribution in [0.25, 0.3) is 5.76 Å². The number of phenolic OH excluding ortho intramolecular Hbond substituents is 1. The molecule has 9 heteroatoms. The van der Waals surface area contributed by atoms with Crippen LogP contribution < -0.4 is 9.64 Å². The van der Waals surface area contributed by atoms with E-state index >= 15 is 0 Å². The molecule has 0 unspecified atom stereocenters. The lowest BCUT2D eigenvalue weighted by Gasteiger charge is -2.23. The van der Waals surface area contributed by atoms with Gasteiger partial charge in [-0.15, -0.1) is 11.3 Å². The average Bonchev–Trinajstić information content (AvgIpc) is 3.25. The minimum Gasteiger partial charge on any atom is -0.507 e. The number of phenols is 1. The van der Waals surface area contributed by atoms with Crippen molar-refractivity contribution in [1.82, 2.24) is 4.98 Å². The van der Waals surface area contributed by atoms with Gasteiger partial charge in [0.05, 0.1) is 23.9 Å². The zero-order valence-corrected chi connectivity index (χ0v) is 19.7. The van der Waals surface area contributed by atoms with Gasteiger partial charge in [-0.3, -0.25) is 14.5 Å². The number of ether oxygens (including phenoxy) is 1. The number of thiazole rings is 1. The van der Waals surface area contributed by atoms with Crippen LogP contribution in [0.3, 0.4) is 0 Å². The summed E-state index contributed by atoms with van der Waals surface area (Å²) in [4.78, 5) is 33.0. The molecule has 0 spiro atoms. The zero-order chi connectivity index (χ0) is 23.9. The summed E-state index contributed by atoms with van der Waals surface area (Å²) in [6.07, 6.45) is 0. The van der Waals surface area contributed by atoms with Crippen molar-refractivity contribution in [2.24, 2.45) is 0 Å². The quantitative estimate of drug-likeness (QED) is 0.295. The molecule has 170 valence electrons. The second-order valence-electron chi connectivity index (χ2n) is 7.47. The van der Waals surface area contributed by atoms with E-state index in [0.29, 0.717) is 27.9 Å². The summed E-state index contributed by atoms with van der Waals surface area (Å²) in [5.74, 6) is -1.82. The Kier molecular flexibility index (Phi) is 6.14. The average molecular weight is 485 g/mol. The van der Waals surface area contributed by atoms with Gasteiger partial charge in [-0.05, 0) is 62.7 Å². The van der Waals surface area contributed by atoms with Crippen LogP contribution in [0.5, 0.6) is 11.5 Å². The van der Waals surface area contributed by atoms with Gasteiger partial charge in [0.2, 0.25) is 0 Å². The number of rotatable bonds is 5. The van der Waals surface area contributed by atoms with Gasteiger partial charge in [0, 0.05) is 15.5 Å². The Bertz CT molecular complexity index is 1260. The van der Waals surface area contributed by atoms with E-state index in [1.54, 1.807) is 43.3 Å². The number of aliphatic hydroxyl groups is 1. The molecule has 2 N–H and O–H groups in total. The first-order valence-electron chi connectivity index (χ1n) is 10.2. The number of aromatic nitrogens is 1. The highest BCUT2D eigenvalue weighted by atomic mass is 35.5. The zero-order valence-electron chi connectivity index (χ0n) is 18.1. The summed E-state index contributed by atoms with van der Waals surface area (Å²) in [5.41, 5.74) is 1.49. The number of benzene rings is 2. The van der Waals surface area contributed by atoms with Gasteiger partial charge in [0.25, 0.3) is 5.78 Å². The number of aliphatic hydroxyl groups excluding tert-OH is 1. The lowest BCUT2D eigenvalue weighted by molar-refractivity contribution is -0.132. The van der Waals surface area contributed by atoms with Crippen molar-refractivity contribution in [3.63, 3.8) is 0 Å². The smallest absolute Gasteiger partial charge is 0.301 e. The molecule has 2 heterocycles. The molecule has 1 amide bonds. The highest BCUT2D eigenvalue weighted by molar-refractivity contribution is 7.16. The van der Waals surface area contributed by atoms with Crippen LogP contribution >= 0.6 is 22.9 Å². The number of halogens is 1. The van der Waals surface area contributed by atoms with Crippen LogP contribution in [-0.2, 0) is 9.59 Å². The van der Waals surface area contributed by atoms with Gasteiger partial charge < -0.3 is 14.9 Å². The van der Waals surface area contributed by atoms with Crippen molar-refractivity contribution in [1.29, 1.82) is 0 Å². The maximum absolute atomic E-state index is 13.2. The number of carbonyl (C=O) groups excluding carboxylic acids is 2. The third kappa shape index (κ3) is 4.07. The summed E-state index contributed by atoms with van der Waals surface area (Å²) in [5, 5.41) is 22.1. The molecule has 0 saturated carbocycles. The summed E-state index contributed by atoms with van der Waals surface area (Å²) in [6, 6.07) is 9.93. The van der Waals surface area contributed by atoms with Crippen molar-refractivity contribution < 1.29 is 24.5 Å². The Hall–Kier alpha value is -3.36. The fourth-order valence-corrected chi connectivity index (χ4v) is 4.70. The van der Waals surface area contributed by atoms with Crippen molar-refractivity contribution >= 4 is 45.5 Å². The van der Waals surface area contributed by atoms with Gasteiger partial charge in [-0.2, -0.15) is 0 Å². The molecule has 0 aliphatic carbocycles.